The van der Waals surface area contributed by atoms with Gasteiger partial charge < -0.3 is 5.11 Å². The fourth-order valence-electron chi connectivity index (χ4n) is 0.258. The van der Waals surface area contributed by atoms with E-state index in [4.69, 9.17) is 5.11 Å². The molecule has 5 heteroatoms. The number of hydrogen-bond acceptors (Lipinski definition) is 3. The normalized spacial score (nSPS) is 12.1. The van der Waals surface area contributed by atoms with Crippen molar-refractivity contribution in [2.24, 2.45) is 0 Å². The summed E-state index contributed by atoms with van der Waals surface area (Å²) in [6, 6.07) is 0. The summed E-state index contributed by atoms with van der Waals surface area (Å²) in [5.74, 6) is -1.33. The number of carboxylic acids is 1. The van der Waals surface area contributed by atoms with Crippen LogP contribution in [0.4, 0.5) is 0 Å². The highest BCUT2D eigenvalue weighted by atomic mass is 32.2. The van der Waals surface area contributed by atoms with Crippen LogP contribution < -0.4 is 0 Å². The summed E-state index contributed by atoms with van der Waals surface area (Å²) in [7, 11) is -3.28. The number of rotatable bonds is 3. The van der Waals surface area contributed by atoms with E-state index < -0.39 is 15.8 Å². The van der Waals surface area contributed by atoms with Crippen LogP contribution in [0.1, 0.15) is 6.92 Å². The van der Waals surface area contributed by atoms with E-state index in [1.54, 1.807) is 0 Å². The van der Waals surface area contributed by atoms with Crippen molar-refractivity contribution in [3.63, 3.8) is 0 Å². The summed E-state index contributed by atoms with van der Waals surface area (Å²) in [6.45, 7) is 1.45. The maximum absolute atomic E-state index is 10.6. The second kappa shape index (κ2) is 3.36. The molecule has 0 spiro atoms. The average Bonchev–Trinajstić information content (AvgIpc) is 1.85. The molecule has 0 saturated carbocycles. The highest BCUT2D eigenvalue weighted by Crippen LogP contribution is 1.90. The standard InChI is InChI=1S/C5H8O4S/c1-2-10(8,9)4-3-5(6)7/h3-4H,2H2,1H3,(H,6,7)/b4-3-. The first-order chi connectivity index (χ1) is 4.48. The molecule has 0 aromatic rings. The molecule has 4 nitrogen and oxygen atoms in total. The molecule has 0 aliphatic carbocycles. The van der Waals surface area contributed by atoms with E-state index in [0.29, 0.717) is 11.5 Å². The number of sulfone groups is 1. The van der Waals surface area contributed by atoms with Crippen LogP contribution in [0.15, 0.2) is 11.5 Å². The van der Waals surface area contributed by atoms with Gasteiger partial charge in [-0.1, -0.05) is 6.92 Å². The van der Waals surface area contributed by atoms with Gasteiger partial charge in [0.25, 0.3) is 0 Å². The maximum atomic E-state index is 10.6. The van der Waals surface area contributed by atoms with Crippen molar-refractivity contribution in [3.8, 4) is 0 Å². The molecule has 0 aliphatic heterocycles. The molecule has 0 radical (unpaired) electrons. The van der Waals surface area contributed by atoms with Crippen LogP contribution in [-0.4, -0.2) is 25.2 Å². The molecule has 1 N–H and O–H groups in total. The zero-order valence-corrected chi connectivity index (χ0v) is 6.26. The quantitative estimate of drug-likeness (QED) is 0.597. The molecule has 0 fully saturated rings. The minimum Gasteiger partial charge on any atom is -0.478 e. The molecule has 0 aliphatic rings. The Morgan fingerprint density at radius 2 is 2.10 bits per heavy atom. The van der Waals surface area contributed by atoms with Gasteiger partial charge in [0.15, 0.2) is 9.84 Å². The number of carbonyl (C=O) groups is 1. The van der Waals surface area contributed by atoms with Crippen LogP contribution in [0.2, 0.25) is 0 Å². The predicted octanol–water partition coefficient (Wildman–Crippen LogP) is 0.0194. The summed E-state index contributed by atoms with van der Waals surface area (Å²) in [4.78, 5) is 9.81. The first-order valence-electron chi connectivity index (χ1n) is 2.61. The van der Waals surface area contributed by atoms with Crippen molar-refractivity contribution in [2.45, 2.75) is 6.92 Å². The Labute approximate surface area is 59.1 Å². The Bertz CT molecular complexity index is 236. The van der Waals surface area contributed by atoms with E-state index >= 15 is 0 Å². The molecule has 10 heavy (non-hydrogen) atoms. The van der Waals surface area contributed by atoms with Gasteiger partial charge in [0.05, 0.1) is 5.75 Å². The summed E-state index contributed by atoms with van der Waals surface area (Å²) in [5.41, 5.74) is 0. The van der Waals surface area contributed by atoms with Crippen molar-refractivity contribution < 1.29 is 18.3 Å². The molecule has 0 aromatic heterocycles. The lowest BCUT2D eigenvalue weighted by Gasteiger charge is -1.87. The summed E-state index contributed by atoms with van der Waals surface area (Å²) < 4.78 is 21.1. The summed E-state index contributed by atoms with van der Waals surface area (Å²) >= 11 is 0. The predicted molar refractivity (Wildman–Crippen MR) is 36.2 cm³/mol. The first kappa shape index (κ1) is 9.16. The van der Waals surface area contributed by atoms with Crippen LogP contribution in [0.3, 0.4) is 0 Å². The largest absolute Gasteiger partial charge is 0.478 e. The minimum absolute atomic E-state index is 0.0726. The van der Waals surface area contributed by atoms with Crippen molar-refractivity contribution in [1.82, 2.24) is 0 Å². The van der Waals surface area contributed by atoms with Gasteiger partial charge in [-0.25, -0.2) is 13.2 Å². The summed E-state index contributed by atoms with van der Waals surface area (Å²) in [6.07, 6.45) is 0.610. The zero-order valence-electron chi connectivity index (χ0n) is 5.44. The van der Waals surface area contributed by atoms with E-state index in [0.717, 1.165) is 0 Å². The van der Waals surface area contributed by atoms with Crippen LogP contribution in [0.25, 0.3) is 0 Å². The van der Waals surface area contributed by atoms with Gasteiger partial charge in [-0.3, -0.25) is 0 Å². The number of hydrogen-bond donors (Lipinski definition) is 1. The fourth-order valence-corrected chi connectivity index (χ4v) is 0.774. The van der Waals surface area contributed by atoms with Crippen LogP contribution in [0.5, 0.6) is 0 Å². The lowest BCUT2D eigenvalue weighted by atomic mass is 10.7. The van der Waals surface area contributed by atoms with Crippen LogP contribution in [0, 0.1) is 0 Å². The van der Waals surface area contributed by atoms with Crippen molar-refractivity contribution >= 4 is 15.8 Å². The molecule has 0 atom stereocenters. The van der Waals surface area contributed by atoms with E-state index in [9.17, 15) is 13.2 Å². The Balaban J connectivity index is 4.29. The van der Waals surface area contributed by atoms with Crippen molar-refractivity contribution in [2.75, 3.05) is 5.75 Å². The molecule has 0 heterocycles. The number of aliphatic carboxylic acids is 1. The second-order valence-corrected chi connectivity index (χ2v) is 3.77. The highest BCUT2D eigenvalue weighted by molar-refractivity contribution is 7.94. The van der Waals surface area contributed by atoms with Gasteiger partial charge in [0, 0.05) is 11.5 Å². The highest BCUT2D eigenvalue weighted by Gasteiger charge is 2.00. The third-order valence-electron chi connectivity index (χ3n) is 0.820. The maximum Gasteiger partial charge on any atom is 0.329 e. The molecule has 0 unspecified atom stereocenters. The molecule has 58 valence electrons. The monoisotopic (exact) mass is 164 g/mol. The molecule has 0 bridgehead atoms. The van der Waals surface area contributed by atoms with Gasteiger partial charge in [0.1, 0.15) is 0 Å². The molecule has 0 aromatic carbocycles. The smallest absolute Gasteiger partial charge is 0.329 e. The lowest BCUT2D eigenvalue weighted by molar-refractivity contribution is -0.131. The van der Waals surface area contributed by atoms with E-state index in [1.165, 1.54) is 6.92 Å². The molecule has 0 amide bonds. The summed E-state index contributed by atoms with van der Waals surface area (Å²) in [5, 5.41) is 8.71. The van der Waals surface area contributed by atoms with Crippen LogP contribution >= 0.6 is 0 Å². The topological polar surface area (TPSA) is 71.4 Å². The van der Waals surface area contributed by atoms with Gasteiger partial charge in [-0.05, 0) is 0 Å². The number of carboxylic acid groups (broad SMARTS) is 1. The van der Waals surface area contributed by atoms with E-state index in [2.05, 4.69) is 0 Å². The fraction of sp³-hybridized carbons (Fsp3) is 0.400. The Morgan fingerprint density at radius 1 is 1.60 bits per heavy atom. The first-order valence-corrected chi connectivity index (χ1v) is 4.33. The van der Waals surface area contributed by atoms with Gasteiger partial charge in [-0.15, -0.1) is 0 Å². The van der Waals surface area contributed by atoms with Gasteiger partial charge >= 0.3 is 5.97 Å². The van der Waals surface area contributed by atoms with Crippen LogP contribution in [-0.2, 0) is 14.6 Å². The van der Waals surface area contributed by atoms with Crippen molar-refractivity contribution in [3.05, 3.63) is 11.5 Å². The Morgan fingerprint density at radius 3 is 2.40 bits per heavy atom. The third-order valence-corrected chi connectivity index (χ3v) is 2.18. The van der Waals surface area contributed by atoms with Gasteiger partial charge in [0.2, 0.25) is 0 Å². The Hall–Kier alpha value is -0.840. The van der Waals surface area contributed by atoms with E-state index in [1.807, 2.05) is 0 Å². The average molecular weight is 164 g/mol. The van der Waals surface area contributed by atoms with Gasteiger partial charge in [-0.2, -0.15) is 0 Å². The minimum atomic E-state index is -3.28. The molecular weight excluding hydrogens is 156 g/mol. The molecular formula is C5H8O4S. The van der Waals surface area contributed by atoms with E-state index in [-0.39, 0.29) is 5.75 Å². The SMILES string of the molecule is CCS(=O)(=O)/C=C\C(=O)O. The third kappa shape index (κ3) is 4.08. The second-order valence-electron chi connectivity index (χ2n) is 1.59. The lowest BCUT2D eigenvalue weighted by Crippen LogP contribution is -1.99. The van der Waals surface area contributed by atoms with Crippen molar-refractivity contribution in [1.29, 1.82) is 0 Å². The molecule has 0 rings (SSSR count). The Kier molecular flexibility index (Phi) is 3.08. The molecule has 0 saturated heterocycles. The zero-order chi connectivity index (χ0) is 8.20.